The number of nitrogens with zero attached hydrogens (tertiary/aromatic N) is 1. The molecular weight excluding hydrogens is 495 g/mol. The number of hydrogen-bond acceptors (Lipinski definition) is 3. The van der Waals surface area contributed by atoms with Crippen LogP contribution in [-0.2, 0) is 20.5 Å². The minimum Gasteiger partial charge on any atom is -0.481 e. The number of fused-ring (bicyclic) bond motifs is 1. The number of ether oxygens (including phenoxy) is 1. The average molecular weight is 519 g/mol. The quantitative estimate of drug-likeness (QED) is 0.518. The van der Waals surface area contributed by atoms with Crippen LogP contribution in [-0.4, -0.2) is 53.6 Å². The molecule has 2 aromatic carbocycles. The van der Waals surface area contributed by atoms with E-state index in [1.807, 2.05) is 0 Å². The molecular formula is C25H24F7NO3. The van der Waals surface area contributed by atoms with Gasteiger partial charge in [-0.05, 0) is 43.0 Å². The zero-order valence-electron chi connectivity index (χ0n) is 19.1. The van der Waals surface area contributed by atoms with Crippen molar-refractivity contribution >= 4 is 5.97 Å². The molecule has 2 aliphatic rings. The van der Waals surface area contributed by atoms with Gasteiger partial charge in [-0.2, -0.15) is 26.3 Å². The van der Waals surface area contributed by atoms with E-state index in [0.29, 0.717) is 4.90 Å². The number of piperidine rings is 1. The van der Waals surface area contributed by atoms with Crippen LogP contribution in [0, 0.1) is 11.7 Å². The van der Waals surface area contributed by atoms with Crippen molar-refractivity contribution in [1.82, 2.24) is 4.90 Å². The Morgan fingerprint density at radius 1 is 1.03 bits per heavy atom. The molecule has 0 aliphatic carbocycles. The van der Waals surface area contributed by atoms with Gasteiger partial charge in [0.15, 0.2) is 0 Å². The molecule has 2 fully saturated rings. The Bertz CT molecular complexity index is 1090. The van der Waals surface area contributed by atoms with Crippen molar-refractivity contribution in [2.75, 3.05) is 13.2 Å². The van der Waals surface area contributed by atoms with Crippen LogP contribution in [0.1, 0.15) is 30.9 Å². The van der Waals surface area contributed by atoms with Gasteiger partial charge in [0.2, 0.25) is 0 Å². The second-order valence-corrected chi connectivity index (χ2v) is 9.10. The number of rotatable bonds is 5. The van der Waals surface area contributed by atoms with E-state index in [1.165, 1.54) is 25.1 Å². The number of halogens is 7. The molecule has 196 valence electrons. The van der Waals surface area contributed by atoms with Gasteiger partial charge in [0, 0.05) is 19.2 Å². The molecule has 2 saturated heterocycles. The summed E-state index contributed by atoms with van der Waals surface area (Å²) in [4.78, 5) is 12.6. The van der Waals surface area contributed by atoms with Crippen molar-refractivity contribution < 1.29 is 45.4 Å². The molecule has 0 radical (unpaired) electrons. The smallest absolute Gasteiger partial charge is 0.405 e. The molecule has 5 unspecified atom stereocenters. The van der Waals surface area contributed by atoms with Crippen LogP contribution in [0.4, 0.5) is 30.7 Å². The lowest BCUT2D eigenvalue weighted by Crippen LogP contribution is -2.66. The molecule has 2 heterocycles. The summed E-state index contributed by atoms with van der Waals surface area (Å²) in [6.07, 6.45) is -11.7. The number of alkyl halides is 6. The number of carboxylic acid groups (broad SMARTS) is 1. The molecule has 2 aromatic rings. The van der Waals surface area contributed by atoms with E-state index in [-0.39, 0.29) is 12.0 Å². The fourth-order valence-electron chi connectivity index (χ4n) is 6.31. The van der Waals surface area contributed by atoms with Crippen LogP contribution in [0.3, 0.4) is 0 Å². The number of carbonyl (C=O) groups is 1. The van der Waals surface area contributed by atoms with Crippen LogP contribution in [0.2, 0.25) is 0 Å². The highest BCUT2D eigenvalue weighted by atomic mass is 19.4. The van der Waals surface area contributed by atoms with Gasteiger partial charge in [-0.15, -0.1) is 0 Å². The summed E-state index contributed by atoms with van der Waals surface area (Å²) in [6.45, 7) is 0.418. The molecule has 0 bridgehead atoms. The van der Waals surface area contributed by atoms with Gasteiger partial charge in [0.05, 0.1) is 5.92 Å². The van der Waals surface area contributed by atoms with E-state index in [2.05, 4.69) is 0 Å². The Morgan fingerprint density at radius 2 is 1.64 bits per heavy atom. The summed E-state index contributed by atoms with van der Waals surface area (Å²) in [6, 6.07) is 4.81. The molecule has 4 nitrogen and oxygen atoms in total. The first-order chi connectivity index (χ1) is 16.8. The van der Waals surface area contributed by atoms with E-state index in [0.717, 1.165) is 36.4 Å². The first kappa shape index (κ1) is 26.4. The third-order valence-corrected chi connectivity index (χ3v) is 7.42. The molecule has 0 aromatic heterocycles. The van der Waals surface area contributed by atoms with Crippen molar-refractivity contribution in [3.05, 3.63) is 71.5 Å². The first-order valence-corrected chi connectivity index (χ1v) is 11.4. The van der Waals surface area contributed by atoms with E-state index in [1.54, 1.807) is 0 Å². The van der Waals surface area contributed by atoms with E-state index < -0.39 is 78.3 Å². The third-order valence-electron chi connectivity index (χ3n) is 7.42. The third kappa shape index (κ3) is 3.70. The molecule has 0 spiro atoms. The summed E-state index contributed by atoms with van der Waals surface area (Å²) < 4.78 is 111. The molecule has 2 aliphatic heterocycles. The normalized spacial score (nSPS) is 31.3. The summed E-state index contributed by atoms with van der Waals surface area (Å²) in [5.41, 5.74) is -7.40. The van der Waals surface area contributed by atoms with Crippen LogP contribution in [0.5, 0.6) is 0 Å². The molecule has 1 N–H and O–H groups in total. The molecule has 0 saturated carbocycles. The maximum Gasteiger partial charge on any atom is 0.405 e. The Kier molecular flexibility index (Phi) is 6.62. The van der Waals surface area contributed by atoms with Crippen molar-refractivity contribution in [2.24, 2.45) is 5.92 Å². The van der Waals surface area contributed by atoms with Gasteiger partial charge in [-0.3, -0.25) is 9.69 Å². The largest absolute Gasteiger partial charge is 0.481 e. The summed E-state index contributed by atoms with van der Waals surface area (Å²) in [7, 11) is 0. The predicted molar refractivity (Wildman–Crippen MR) is 115 cm³/mol. The Hall–Kier alpha value is -2.66. The minimum atomic E-state index is -5.52. The van der Waals surface area contributed by atoms with Gasteiger partial charge < -0.3 is 9.84 Å². The standard InChI is InChI=1S/C25H24F7NO3/c1-2-36-23(17-8-10-18(26)11-9-17)19-14-15(20(34)35)12-13-33(19)21(24(27,28)29)22(23,25(30,31)32)16-6-4-3-5-7-16/h3-11,15,19,21H,2,12-14H2,1H3,(H,34,35). The predicted octanol–water partition coefficient (Wildman–Crippen LogP) is 5.67. The monoisotopic (exact) mass is 519 g/mol. The topological polar surface area (TPSA) is 49.8 Å². The van der Waals surface area contributed by atoms with Gasteiger partial charge in [0.1, 0.15) is 22.9 Å². The fraction of sp³-hybridized carbons (Fsp3) is 0.480. The highest BCUT2D eigenvalue weighted by molar-refractivity contribution is 5.70. The molecule has 4 rings (SSSR count). The van der Waals surface area contributed by atoms with E-state index in [9.17, 15) is 27.5 Å². The molecule has 36 heavy (non-hydrogen) atoms. The number of aliphatic carboxylic acids is 1. The van der Waals surface area contributed by atoms with Crippen molar-refractivity contribution in [3.63, 3.8) is 0 Å². The van der Waals surface area contributed by atoms with Crippen molar-refractivity contribution in [3.8, 4) is 0 Å². The van der Waals surface area contributed by atoms with Crippen LogP contribution in [0.15, 0.2) is 54.6 Å². The maximum absolute atomic E-state index is 15.6. The van der Waals surface area contributed by atoms with Gasteiger partial charge in [-0.25, -0.2) is 4.39 Å². The molecule has 11 heteroatoms. The van der Waals surface area contributed by atoms with E-state index >= 15 is 13.2 Å². The lowest BCUT2D eigenvalue weighted by atomic mass is 9.59. The fourth-order valence-corrected chi connectivity index (χ4v) is 6.31. The van der Waals surface area contributed by atoms with Crippen LogP contribution >= 0.6 is 0 Å². The number of hydrogen-bond donors (Lipinski definition) is 1. The van der Waals surface area contributed by atoms with Crippen molar-refractivity contribution in [2.45, 2.75) is 55.2 Å². The van der Waals surface area contributed by atoms with Gasteiger partial charge in [0.25, 0.3) is 0 Å². The van der Waals surface area contributed by atoms with Crippen LogP contribution in [0.25, 0.3) is 0 Å². The van der Waals surface area contributed by atoms with E-state index in [4.69, 9.17) is 4.74 Å². The SMILES string of the molecule is CCOC1(c2ccc(F)cc2)C2CC(C(=O)O)CCN2C(C(F)(F)F)C1(c1ccccc1)C(F)(F)F. The maximum atomic E-state index is 15.6. The summed E-state index contributed by atoms with van der Waals surface area (Å²) in [5.74, 6) is -3.29. The van der Waals surface area contributed by atoms with Gasteiger partial charge >= 0.3 is 18.3 Å². The highest BCUT2D eigenvalue weighted by Gasteiger charge is 2.85. The van der Waals surface area contributed by atoms with Gasteiger partial charge in [-0.1, -0.05) is 42.5 Å². The summed E-state index contributed by atoms with van der Waals surface area (Å²) in [5, 5.41) is 9.64. The second kappa shape index (κ2) is 9.02. The second-order valence-electron chi connectivity index (χ2n) is 9.10. The highest BCUT2D eigenvalue weighted by Crippen LogP contribution is 2.68. The average Bonchev–Trinajstić information content (AvgIpc) is 3.08. The minimum absolute atomic E-state index is 0.257. The Labute approximate surface area is 202 Å². The zero-order chi connectivity index (χ0) is 26.5. The Morgan fingerprint density at radius 3 is 2.14 bits per heavy atom. The zero-order valence-corrected chi connectivity index (χ0v) is 19.1. The van der Waals surface area contributed by atoms with Crippen molar-refractivity contribution in [1.29, 1.82) is 0 Å². The lowest BCUT2D eigenvalue weighted by molar-refractivity contribution is -0.289. The summed E-state index contributed by atoms with van der Waals surface area (Å²) >= 11 is 0. The number of carboxylic acids is 1. The lowest BCUT2D eigenvalue weighted by Gasteiger charge is -2.50. The van der Waals surface area contributed by atoms with Crippen LogP contribution < -0.4 is 0 Å². The molecule has 0 amide bonds. The number of benzene rings is 2. The Balaban J connectivity index is 2.19. The molecule has 5 atom stereocenters. The first-order valence-electron chi connectivity index (χ1n) is 11.4.